The summed E-state index contributed by atoms with van der Waals surface area (Å²) in [5.41, 5.74) is 1.01. The van der Waals surface area contributed by atoms with Crippen molar-refractivity contribution in [3.63, 3.8) is 0 Å². The summed E-state index contributed by atoms with van der Waals surface area (Å²) < 4.78 is 10.8. The van der Waals surface area contributed by atoms with E-state index in [4.69, 9.17) is 14.6 Å². The van der Waals surface area contributed by atoms with E-state index in [0.717, 1.165) is 5.56 Å². The molecule has 1 atom stereocenters. The molecule has 0 aromatic heterocycles. The fraction of sp³-hybridized carbons (Fsp3) is 0.357. The maximum Gasteiger partial charge on any atom is 0.307 e. The lowest BCUT2D eigenvalue weighted by molar-refractivity contribution is -0.138. The highest BCUT2D eigenvalue weighted by molar-refractivity contribution is 5.67. The smallest absolute Gasteiger partial charge is 0.307 e. The summed E-state index contributed by atoms with van der Waals surface area (Å²) in [7, 11) is 1.56. The van der Waals surface area contributed by atoms with E-state index in [1.807, 2.05) is 31.2 Å². The van der Waals surface area contributed by atoms with Crippen molar-refractivity contribution >= 4 is 12.0 Å². The monoisotopic (exact) mass is 250 g/mol. The number of carboxylic acids is 1. The first-order valence-electron chi connectivity index (χ1n) is 5.76. The zero-order valence-corrected chi connectivity index (χ0v) is 10.8. The first-order chi connectivity index (χ1) is 8.56. The van der Waals surface area contributed by atoms with E-state index in [2.05, 4.69) is 0 Å². The molecule has 0 radical (unpaired) electrons. The van der Waals surface area contributed by atoms with E-state index < -0.39 is 12.1 Å². The Hall–Kier alpha value is -1.97. The minimum atomic E-state index is -0.882. The van der Waals surface area contributed by atoms with Crippen LogP contribution in [0.2, 0.25) is 0 Å². The summed E-state index contributed by atoms with van der Waals surface area (Å²) in [5.74, 6) is 0.273. The molecule has 1 aromatic rings. The van der Waals surface area contributed by atoms with Gasteiger partial charge in [0.15, 0.2) is 11.5 Å². The number of aliphatic carboxylic acids is 1. The predicted octanol–water partition coefficient (Wildman–Crippen LogP) is 2.97. The van der Waals surface area contributed by atoms with Crippen molar-refractivity contribution in [3.8, 4) is 11.5 Å². The Kier molecular flexibility index (Phi) is 5.24. The number of hydrogen-bond donors (Lipinski definition) is 1. The maximum absolute atomic E-state index is 10.6. The van der Waals surface area contributed by atoms with Crippen molar-refractivity contribution in [1.82, 2.24) is 0 Å². The average molecular weight is 250 g/mol. The van der Waals surface area contributed by atoms with Crippen LogP contribution in [0.15, 0.2) is 24.3 Å². The van der Waals surface area contributed by atoms with Crippen LogP contribution in [-0.2, 0) is 4.79 Å². The van der Waals surface area contributed by atoms with Crippen LogP contribution in [0.4, 0.5) is 0 Å². The molecule has 0 heterocycles. The molecule has 4 nitrogen and oxygen atoms in total. The fourth-order valence-electron chi connectivity index (χ4n) is 1.58. The zero-order chi connectivity index (χ0) is 13.5. The first kappa shape index (κ1) is 14.1. The highest BCUT2D eigenvalue weighted by atomic mass is 16.5. The molecule has 18 heavy (non-hydrogen) atoms. The number of ether oxygens (including phenoxy) is 2. The van der Waals surface area contributed by atoms with Gasteiger partial charge in [0.25, 0.3) is 0 Å². The van der Waals surface area contributed by atoms with Crippen molar-refractivity contribution in [2.75, 3.05) is 7.11 Å². The van der Waals surface area contributed by atoms with Crippen molar-refractivity contribution in [2.45, 2.75) is 26.4 Å². The topological polar surface area (TPSA) is 55.8 Å². The maximum atomic E-state index is 10.6. The summed E-state index contributed by atoms with van der Waals surface area (Å²) >= 11 is 0. The fourth-order valence-corrected chi connectivity index (χ4v) is 1.58. The van der Waals surface area contributed by atoms with Crippen molar-refractivity contribution < 1.29 is 19.4 Å². The highest BCUT2D eigenvalue weighted by Crippen LogP contribution is 2.29. The number of rotatable bonds is 6. The molecule has 1 rings (SSSR count). The van der Waals surface area contributed by atoms with Gasteiger partial charge in [0.05, 0.1) is 13.5 Å². The normalized spacial score (nSPS) is 12.4. The summed E-state index contributed by atoms with van der Waals surface area (Å²) in [5, 5.41) is 8.68. The van der Waals surface area contributed by atoms with Crippen molar-refractivity contribution in [3.05, 3.63) is 29.8 Å². The lowest BCUT2D eigenvalue weighted by Crippen LogP contribution is -2.16. The summed E-state index contributed by atoms with van der Waals surface area (Å²) in [6.07, 6.45) is 3.44. The van der Waals surface area contributed by atoms with Gasteiger partial charge in [0, 0.05) is 0 Å². The van der Waals surface area contributed by atoms with E-state index in [0.29, 0.717) is 11.5 Å². The van der Waals surface area contributed by atoms with E-state index in [9.17, 15) is 4.79 Å². The lowest BCUT2D eigenvalue weighted by atomic mass is 10.2. The number of methoxy groups -OCH3 is 1. The Morgan fingerprint density at radius 2 is 2.17 bits per heavy atom. The third-order valence-electron chi connectivity index (χ3n) is 2.34. The van der Waals surface area contributed by atoms with Gasteiger partial charge in [-0.1, -0.05) is 18.2 Å². The minimum Gasteiger partial charge on any atom is -0.493 e. The molecule has 0 unspecified atom stereocenters. The molecule has 1 aromatic carbocycles. The number of carboxylic acid groups (broad SMARTS) is 1. The summed E-state index contributed by atoms with van der Waals surface area (Å²) in [4.78, 5) is 10.6. The number of benzene rings is 1. The Morgan fingerprint density at radius 1 is 1.44 bits per heavy atom. The van der Waals surface area contributed by atoms with E-state index in [1.165, 1.54) is 0 Å². The second-order valence-electron chi connectivity index (χ2n) is 3.94. The van der Waals surface area contributed by atoms with Crippen LogP contribution < -0.4 is 9.47 Å². The SMILES string of the molecule is C/C=C/c1ccc(O[C@H](C)CC(=O)O)c(OC)c1. The van der Waals surface area contributed by atoms with E-state index in [1.54, 1.807) is 20.1 Å². The van der Waals surface area contributed by atoms with E-state index in [-0.39, 0.29) is 6.42 Å². The second-order valence-corrected chi connectivity index (χ2v) is 3.94. The molecule has 0 bridgehead atoms. The van der Waals surface area contributed by atoms with Crippen LogP contribution in [-0.4, -0.2) is 24.3 Å². The standard InChI is InChI=1S/C14H18O4/c1-4-5-11-6-7-12(13(9-11)17-3)18-10(2)8-14(15)16/h4-7,9-10H,8H2,1-3H3,(H,15,16)/b5-4+/t10-/m1/s1. The number of allylic oxidation sites excluding steroid dienone is 1. The molecule has 0 spiro atoms. The van der Waals surface area contributed by atoms with Crippen LogP contribution in [0.3, 0.4) is 0 Å². The van der Waals surface area contributed by atoms with Gasteiger partial charge in [-0.25, -0.2) is 0 Å². The van der Waals surface area contributed by atoms with Gasteiger partial charge in [-0.05, 0) is 31.5 Å². The summed E-state index contributed by atoms with van der Waals surface area (Å²) in [6.45, 7) is 3.65. The molecule has 0 saturated carbocycles. The largest absolute Gasteiger partial charge is 0.493 e. The van der Waals surface area contributed by atoms with Gasteiger partial charge in [0.2, 0.25) is 0 Å². The molecule has 0 amide bonds. The number of carbonyl (C=O) groups is 1. The molecular weight excluding hydrogens is 232 g/mol. The Morgan fingerprint density at radius 3 is 2.72 bits per heavy atom. The second kappa shape index (κ2) is 6.69. The highest BCUT2D eigenvalue weighted by Gasteiger charge is 2.12. The first-order valence-corrected chi connectivity index (χ1v) is 5.76. The van der Waals surface area contributed by atoms with Crippen LogP contribution in [0.1, 0.15) is 25.8 Å². The van der Waals surface area contributed by atoms with Crippen LogP contribution >= 0.6 is 0 Å². The third-order valence-corrected chi connectivity index (χ3v) is 2.34. The number of hydrogen-bond acceptors (Lipinski definition) is 3. The van der Waals surface area contributed by atoms with Gasteiger partial charge >= 0.3 is 5.97 Å². The molecule has 4 heteroatoms. The molecule has 0 aliphatic carbocycles. The van der Waals surface area contributed by atoms with Gasteiger partial charge in [0.1, 0.15) is 6.10 Å². The average Bonchev–Trinajstić information content (AvgIpc) is 2.30. The van der Waals surface area contributed by atoms with Gasteiger partial charge in [-0.3, -0.25) is 4.79 Å². The summed E-state index contributed by atoms with van der Waals surface area (Å²) in [6, 6.07) is 5.53. The molecule has 0 saturated heterocycles. The van der Waals surface area contributed by atoms with E-state index >= 15 is 0 Å². The van der Waals surface area contributed by atoms with Gasteiger partial charge in [-0.2, -0.15) is 0 Å². The van der Waals surface area contributed by atoms with Crippen LogP contribution in [0, 0.1) is 0 Å². The van der Waals surface area contributed by atoms with Crippen molar-refractivity contribution in [2.24, 2.45) is 0 Å². The third kappa shape index (κ3) is 4.13. The molecular formula is C14H18O4. The van der Waals surface area contributed by atoms with Crippen LogP contribution in [0.25, 0.3) is 6.08 Å². The van der Waals surface area contributed by atoms with Crippen LogP contribution in [0.5, 0.6) is 11.5 Å². The Balaban J connectivity index is 2.85. The molecule has 0 fully saturated rings. The molecule has 1 N–H and O–H groups in total. The Bertz CT molecular complexity index is 437. The molecule has 0 aliphatic rings. The molecule has 98 valence electrons. The molecule has 0 aliphatic heterocycles. The Labute approximate surface area is 107 Å². The quantitative estimate of drug-likeness (QED) is 0.843. The predicted molar refractivity (Wildman–Crippen MR) is 70.0 cm³/mol. The van der Waals surface area contributed by atoms with Crippen molar-refractivity contribution in [1.29, 1.82) is 0 Å². The van der Waals surface area contributed by atoms with Gasteiger partial charge in [-0.15, -0.1) is 0 Å². The van der Waals surface area contributed by atoms with Gasteiger partial charge < -0.3 is 14.6 Å². The minimum absolute atomic E-state index is 0.0419. The lowest BCUT2D eigenvalue weighted by Gasteiger charge is -2.15. The zero-order valence-electron chi connectivity index (χ0n) is 10.8.